The van der Waals surface area contributed by atoms with E-state index in [9.17, 15) is 0 Å². The zero-order valence-corrected chi connectivity index (χ0v) is 14.3. The van der Waals surface area contributed by atoms with Crippen LogP contribution >= 0.6 is 23.4 Å². The maximum atomic E-state index is 6.58. The van der Waals surface area contributed by atoms with Crippen molar-refractivity contribution in [3.63, 3.8) is 0 Å². The maximum absolute atomic E-state index is 6.58. The molecule has 2 heterocycles. The Balaban J connectivity index is 1.80. The lowest BCUT2D eigenvalue weighted by molar-refractivity contribution is 0.230. The van der Waals surface area contributed by atoms with Gasteiger partial charge in [0, 0.05) is 28.4 Å². The molecule has 0 saturated carbocycles. The average molecular weight is 330 g/mol. The number of halogens is 1. The summed E-state index contributed by atoms with van der Waals surface area (Å²) >= 11 is 8.38. The Morgan fingerprint density at radius 1 is 1.14 bits per heavy atom. The van der Waals surface area contributed by atoms with E-state index in [2.05, 4.69) is 53.6 Å². The lowest BCUT2D eigenvalue weighted by Gasteiger charge is -2.38. The number of rotatable bonds is 2. The van der Waals surface area contributed by atoms with Crippen LogP contribution in [0.25, 0.3) is 0 Å². The zero-order chi connectivity index (χ0) is 15.1. The van der Waals surface area contributed by atoms with Crippen molar-refractivity contribution >= 4 is 23.4 Å². The predicted molar refractivity (Wildman–Crippen MR) is 95.1 cm³/mol. The first kappa shape index (κ1) is 14.6. The van der Waals surface area contributed by atoms with Gasteiger partial charge in [-0.05, 0) is 60.5 Å². The standard InChI is InChI=1S/C19H20ClNS/c1-22-14-9-7-13(8-10-14)16-12-21-11-3-6-18(21)19-15(16)4-2-5-17(19)20/h2,4-5,7-10,16,18H,3,6,11-12H2,1H3/t16?,18-/m1/s1. The molecule has 2 aromatic carbocycles. The number of benzene rings is 2. The Labute approximate surface area is 141 Å². The molecule has 2 aliphatic rings. The van der Waals surface area contributed by atoms with Gasteiger partial charge < -0.3 is 0 Å². The van der Waals surface area contributed by atoms with Crippen LogP contribution < -0.4 is 0 Å². The van der Waals surface area contributed by atoms with Crippen molar-refractivity contribution in [3.8, 4) is 0 Å². The van der Waals surface area contributed by atoms with E-state index < -0.39 is 0 Å². The summed E-state index contributed by atoms with van der Waals surface area (Å²) in [5.41, 5.74) is 4.23. The summed E-state index contributed by atoms with van der Waals surface area (Å²) in [5, 5.41) is 0.944. The van der Waals surface area contributed by atoms with E-state index in [4.69, 9.17) is 11.6 Å². The lowest BCUT2D eigenvalue weighted by Crippen LogP contribution is -2.34. The van der Waals surface area contributed by atoms with Crippen molar-refractivity contribution in [2.45, 2.75) is 29.7 Å². The summed E-state index contributed by atoms with van der Waals surface area (Å²) in [6.07, 6.45) is 4.65. The smallest absolute Gasteiger partial charge is 0.0456 e. The number of fused-ring (bicyclic) bond motifs is 3. The van der Waals surface area contributed by atoms with E-state index in [-0.39, 0.29) is 0 Å². The number of hydrogen-bond acceptors (Lipinski definition) is 2. The third kappa shape index (κ3) is 2.38. The molecular weight excluding hydrogens is 310 g/mol. The van der Waals surface area contributed by atoms with Gasteiger partial charge in [-0.2, -0.15) is 0 Å². The Morgan fingerprint density at radius 3 is 2.73 bits per heavy atom. The minimum atomic E-state index is 0.443. The molecule has 0 aliphatic carbocycles. The SMILES string of the molecule is CSc1ccc(C2CN3CCC[C@@H]3c3c(Cl)cccc32)cc1. The van der Waals surface area contributed by atoms with Crippen LogP contribution in [0.1, 0.15) is 41.5 Å². The largest absolute Gasteiger partial charge is 0.295 e. The third-order valence-electron chi connectivity index (χ3n) is 5.09. The van der Waals surface area contributed by atoms with Crippen LogP contribution in [0, 0.1) is 0 Å². The fourth-order valence-corrected chi connectivity index (χ4v) is 4.75. The highest BCUT2D eigenvalue weighted by molar-refractivity contribution is 7.98. The minimum absolute atomic E-state index is 0.443. The predicted octanol–water partition coefficient (Wildman–Crippen LogP) is 5.34. The first-order chi connectivity index (χ1) is 10.8. The van der Waals surface area contributed by atoms with Gasteiger partial charge in [-0.3, -0.25) is 4.90 Å². The van der Waals surface area contributed by atoms with Crippen LogP contribution in [-0.4, -0.2) is 24.2 Å². The van der Waals surface area contributed by atoms with Crippen LogP contribution in [0.2, 0.25) is 5.02 Å². The van der Waals surface area contributed by atoms with Gasteiger partial charge in [-0.25, -0.2) is 0 Å². The molecule has 2 aromatic rings. The van der Waals surface area contributed by atoms with Gasteiger partial charge in [0.2, 0.25) is 0 Å². The molecule has 2 atom stereocenters. The van der Waals surface area contributed by atoms with Gasteiger partial charge in [-0.1, -0.05) is 35.9 Å². The monoisotopic (exact) mass is 329 g/mol. The molecule has 1 saturated heterocycles. The second-order valence-corrected chi connectivity index (χ2v) is 7.51. The van der Waals surface area contributed by atoms with Crippen molar-refractivity contribution in [1.29, 1.82) is 0 Å². The average Bonchev–Trinajstić information content (AvgIpc) is 3.02. The Bertz CT molecular complexity index is 682. The molecule has 0 radical (unpaired) electrons. The molecule has 22 heavy (non-hydrogen) atoms. The number of hydrogen-bond donors (Lipinski definition) is 0. The third-order valence-corrected chi connectivity index (χ3v) is 6.17. The molecule has 3 heteroatoms. The molecule has 4 rings (SSSR count). The first-order valence-electron chi connectivity index (χ1n) is 7.94. The van der Waals surface area contributed by atoms with Crippen LogP contribution in [0.5, 0.6) is 0 Å². The van der Waals surface area contributed by atoms with Crippen molar-refractivity contribution < 1.29 is 0 Å². The van der Waals surface area contributed by atoms with Gasteiger partial charge >= 0.3 is 0 Å². The molecular formula is C19H20ClNS. The Hall–Kier alpha value is -0.960. The van der Waals surface area contributed by atoms with Gasteiger partial charge in [0.25, 0.3) is 0 Å². The van der Waals surface area contributed by atoms with Gasteiger partial charge in [0.05, 0.1) is 0 Å². The normalized spacial score (nSPS) is 24.1. The summed E-state index contributed by atoms with van der Waals surface area (Å²) in [6.45, 7) is 2.32. The van der Waals surface area contributed by atoms with Crippen molar-refractivity contribution in [2.75, 3.05) is 19.3 Å². The molecule has 0 N–H and O–H groups in total. The van der Waals surface area contributed by atoms with E-state index >= 15 is 0 Å². The molecule has 2 aliphatic heterocycles. The van der Waals surface area contributed by atoms with Gasteiger partial charge in [0.1, 0.15) is 0 Å². The highest BCUT2D eigenvalue weighted by Crippen LogP contribution is 2.46. The molecule has 0 bridgehead atoms. The van der Waals surface area contributed by atoms with E-state index in [1.165, 1.54) is 41.0 Å². The molecule has 0 spiro atoms. The van der Waals surface area contributed by atoms with Crippen LogP contribution in [-0.2, 0) is 0 Å². The van der Waals surface area contributed by atoms with Crippen LogP contribution in [0.15, 0.2) is 47.4 Å². The summed E-state index contributed by atoms with van der Waals surface area (Å²) in [5.74, 6) is 0.443. The minimum Gasteiger partial charge on any atom is -0.295 e. The summed E-state index contributed by atoms with van der Waals surface area (Å²) in [4.78, 5) is 3.95. The Kier molecular flexibility index (Phi) is 3.93. The van der Waals surface area contributed by atoms with Crippen LogP contribution in [0.3, 0.4) is 0 Å². The molecule has 114 valence electrons. The summed E-state index contributed by atoms with van der Waals surface area (Å²) < 4.78 is 0. The van der Waals surface area contributed by atoms with Crippen LogP contribution in [0.4, 0.5) is 0 Å². The summed E-state index contributed by atoms with van der Waals surface area (Å²) in [7, 11) is 0. The van der Waals surface area contributed by atoms with Gasteiger partial charge in [0.15, 0.2) is 0 Å². The second-order valence-electron chi connectivity index (χ2n) is 6.22. The summed E-state index contributed by atoms with van der Waals surface area (Å²) in [6, 6.07) is 16.0. The number of nitrogens with zero attached hydrogens (tertiary/aromatic N) is 1. The van der Waals surface area contributed by atoms with E-state index in [1.807, 2.05) is 0 Å². The number of thioether (sulfide) groups is 1. The second kappa shape index (κ2) is 5.92. The highest BCUT2D eigenvalue weighted by atomic mass is 35.5. The molecule has 1 nitrogen and oxygen atoms in total. The molecule has 0 amide bonds. The quantitative estimate of drug-likeness (QED) is 0.684. The van der Waals surface area contributed by atoms with Gasteiger partial charge in [-0.15, -0.1) is 11.8 Å². The first-order valence-corrected chi connectivity index (χ1v) is 9.54. The zero-order valence-electron chi connectivity index (χ0n) is 12.8. The Morgan fingerprint density at radius 2 is 1.95 bits per heavy atom. The molecule has 1 fully saturated rings. The highest BCUT2D eigenvalue weighted by Gasteiger charge is 2.37. The molecule has 0 aromatic heterocycles. The van der Waals surface area contributed by atoms with Crippen molar-refractivity contribution in [3.05, 3.63) is 64.2 Å². The van der Waals surface area contributed by atoms with E-state index in [0.717, 1.165) is 11.6 Å². The van der Waals surface area contributed by atoms with Crippen molar-refractivity contribution in [2.24, 2.45) is 0 Å². The maximum Gasteiger partial charge on any atom is 0.0456 e. The fourth-order valence-electron chi connectivity index (χ4n) is 4.03. The lowest BCUT2D eigenvalue weighted by atomic mass is 9.81. The topological polar surface area (TPSA) is 3.24 Å². The van der Waals surface area contributed by atoms with E-state index in [1.54, 1.807) is 11.8 Å². The van der Waals surface area contributed by atoms with E-state index in [0.29, 0.717) is 12.0 Å². The molecule has 1 unspecified atom stereocenters. The fraction of sp³-hybridized carbons (Fsp3) is 0.368. The van der Waals surface area contributed by atoms with Crippen molar-refractivity contribution in [1.82, 2.24) is 4.90 Å².